The molecule has 2 aromatic rings. The van der Waals surface area contributed by atoms with Crippen molar-refractivity contribution in [1.29, 1.82) is 0 Å². The largest absolute Gasteiger partial charge is 0.272 e. The third-order valence-electron chi connectivity index (χ3n) is 2.92. The molecule has 1 aromatic carbocycles. The summed E-state index contributed by atoms with van der Waals surface area (Å²) in [4.78, 5) is 13.1. The summed E-state index contributed by atoms with van der Waals surface area (Å²) >= 11 is 3.22. The van der Waals surface area contributed by atoms with Crippen molar-refractivity contribution in [2.75, 3.05) is 0 Å². The third kappa shape index (κ3) is 5.02. The molecule has 1 heterocycles. The second kappa shape index (κ2) is 8.00. The molecular weight excluding hydrogens is 300 g/mol. The summed E-state index contributed by atoms with van der Waals surface area (Å²) in [5.41, 5.74) is 4.70. The molecular formula is C16H18N2OS2. The zero-order valence-electron chi connectivity index (χ0n) is 12.1. The number of benzene rings is 1. The Labute approximate surface area is 133 Å². The van der Waals surface area contributed by atoms with E-state index in [4.69, 9.17) is 0 Å². The highest BCUT2D eigenvalue weighted by Gasteiger charge is 2.13. The molecule has 21 heavy (non-hydrogen) atoms. The zero-order valence-corrected chi connectivity index (χ0v) is 13.7. The maximum atomic E-state index is 12.0. The molecule has 0 radical (unpaired) electrons. The normalized spacial score (nSPS) is 13.0. The van der Waals surface area contributed by atoms with Crippen LogP contribution in [0.15, 0.2) is 52.9 Å². The summed E-state index contributed by atoms with van der Waals surface area (Å²) < 4.78 is 0. The molecule has 0 aliphatic carbocycles. The first-order valence-corrected chi connectivity index (χ1v) is 8.63. The fourth-order valence-corrected chi connectivity index (χ4v) is 3.16. The number of carbonyl (C=O) groups is 1. The van der Waals surface area contributed by atoms with Gasteiger partial charge in [0, 0.05) is 10.6 Å². The third-order valence-corrected chi connectivity index (χ3v) is 5.12. The molecule has 3 nitrogen and oxygen atoms in total. The fraction of sp³-hybridized carbons (Fsp3) is 0.250. The van der Waals surface area contributed by atoms with Crippen LogP contribution in [0.1, 0.15) is 24.3 Å². The molecule has 0 unspecified atom stereocenters. The second-order valence-electron chi connectivity index (χ2n) is 4.59. The highest BCUT2D eigenvalue weighted by Crippen LogP contribution is 2.17. The van der Waals surface area contributed by atoms with Crippen LogP contribution < -0.4 is 5.43 Å². The van der Waals surface area contributed by atoms with Crippen LogP contribution in [0.25, 0.3) is 0 Å². The number of thioether (sulfide) groups is 1. The van der Waals surface area contributed by atoms with E-state index < -0.39 is 0 Å². The van der Waals surface area contributed by atoms with Gasteiger partial charge in [0.2, 0.25) is 0 Å². The Morgan fingerprint density at radius 2 is 2.05 bits per heavy atom. The van der Waals surface area contributed by atoms with E-state index in [0.29, 0.717) is 0 Å². The lowest BCUT2D eigenvalue weighted by atomic mass is 10.2. The Hall–Kier alpha value is -1.59. The van der Waals surface area contributed by atoms with Crippen molar-refractivity contribution in [1.82, 2.24) is 5.43 Å². The summed E-state index contributed by atoms with van der Waals surface area (Å²) in [5.74, 6) is 0.759. The molecule has 0 spiro atoms. The standard InChI is InChI=1S/C16H18N2OS2/c1-12(15-9-6-10-20-15)17-18-16(19)13(2)21-11-14-7-4-3-5-8-14/h3-10,13H,11H2,1-2H3,(H,18,19)/b17-12-/t13-/m0/s1. The van der Waals surface area contributed by atoms with E-state index in [1.165, 1.54) is 5.56 Å². The summed E-state index contributed by atoms with van der Waals surface area (Å²) in [5, 5.41) is 6.02. The first-order valence-electron chi connectivity index (χ1n) is 6.70. The van der Waals surface area contributed by atoms with E-state index in [1.54, 1.807) is 23.1 Å². The van der Waals surface area contributed by atoms with Crippen molar-refractivity contribution in [2.45, 2.75) is 24.9 Å². The molecule has 0 aliphatic rings. The number of thiophene rings is 1. The second-order valence-corrected chi connectivity index (χ2v) is 6.87. The van der Waals surface area contributed by atoms with Gasteiger partial charge in [-0.15, -0.1) is 23.1 Å². The Kier molecular flexibility index (Phi) is 6.02. The molecule has 1 amide bonds. The Morgan fingerprint density at radius 3 is 2.71 bits per heavy atom. The summed E-state index contributed by atoms with van der Waals surface area (Å²) in [6.45, 7) is 3.80. The van der Waals surface area contributed by atoms with Crippen molar-refractivity contribution in [3.8, 4) is 0 Å². The van der Waals surface area contributed by atoms with Crippen LogP contribution in [0.2, 0.25) is 0 Å². The van der Waals surface area contributed by atoms with Crippen molar-refractivity contribution in [2.24, 2.45) is 5.10 Å². The van der Waals surface area contributed by atoms with Gasteiger partial charge in [0.25, 0.3) is 5.91 Å². The minimum atomic E-state index is -0.134. The van der Waals surface area contributed by atoms with Gasteiger partial charge in [-0.25, -0.2) is 5.43 Å². The number of rotatable bonds is 6. The van der Waals surface area contributed by atoms with Crippen LogP contribution in [0.4, 0.5) is 0 Å². The van der Waals surface area contributed by atoms with Gasteiger partial charge in [-0.3, -0.25) is 4.79 Å². The summed E-state index contributed by atoms with van der Waals surface area (Å²) in [7, 11) is 0. The molecule has 1 N–H and O–H groups in total. The maximum Gasteiger partial charge on any atom is 0.252 e. The van der Waals surface area contributed by atoms with Gasteiger partial charge in [-0.2, -0.15) is 5.10 Å². The Morgan fingerprint density at radius 1 is 1.29 bits per heavy atom. The Balaban J connectivity index is 1.81. The molecule has 0 saturated carbocycles. The highest BCUT2D eigenvalue weighted by atomic mass is 32.2. The van der Waals surface area contributed by atoms with Crippen LogP contribution in [0, 0.1) is 0 Å². The highest BCUT2D eigenvalue weighted by molar-refractivity contribution is 7.99. The van der Waals surface area contributed by atoms with Gasteiger partial charge in [-0.05, 0) is 30.9 Å². The first kappa shape index (κ1) is 15.8. The van der Waals surface area contributed by atoms with Crippen LogP contribution in [0.3, 0.4) is 0 Å². The number of nitrogens with zero attached hydrogens (tertiary/aromatic N) is 1. The molecule has 0 bridgehead atoms. The molecule has 0 aliphatic heterocycles. The number of carbonyl (C=O) groups excluding carboxylic acids is 1. The molecule has 1 aromatic heterocycles. The number of amides is 1. The first-order chi connectivity index (χ1) is 10.2. The number of hydrogen-bond donors (Lipinski definition) is 1. The maximum absolute atomic E-state index is 12.0. The number of hydrogen-bond acceptors (Lipinski definition) is 4. The lowest BCUT2D eigenvalue weighted by Crippen LogP contribution is -2.27. The van der Waals surface area contributed by atoms with E-state index >= 15 is 0 Å². The fourth-order valence-electron chi connectivity index (χ4n) is 1.64. The van der Waals surface area contributed by atoms with E-state index in [1.807, 2.05) is 49.6 Å². The quantitative estimate of drug-likeness (QED) is 0.648. The van der Waals surface area contributed by atoms with Crippen LogP contribution in [-0.4, -0.2) is 16.9 Å². The molecule has 2 rings (SSSR count). The van der Waals surface area contributed by atoms with Crippen molar-refractivity contribution < 1.29 is 4.79 Å². The monoisotopic (exact) mass is 318 g/mol. The molecule has 0 saturated heterocycles. The molecule has 1 atom stereocenters. The van der Waals surface area contributed by atoms with Gasteiger partial charge in [0.05, 0.1) is 11.0 Å². The minimum Gasteiger partial charge on any atom is -0.272 e. The average molecular weight is 318 g/mol. The van der Waals surface area contributed by atoms with Crippen LogP contribution >= 0.6 is 23.1 Å². The van der Waals surface area contributed by atoms with Gasteiger partial charge < -0.3 is 0 Å². The summed E-state index contributed by atoms with van der Waals surface area (Å²) in [6.07, 6.45) is 0. The zero-order chi connectivity index (χ0) is 15.1. The van der Waals surface area contributed by atoms with E-state index in [9.17, 15) is 4.79 Å². The lowest BCUT2D eigenvalue weighted by Gasteiger charge is -2.09. The van der Waals surface area contributed by atoms with E-state index in [-0.39, 0.29) is 11.2 Å². The van der Waals surface area contributed by atoms with Gasteiger partial charge in [-0.1, -0.05) is 36.4 Å². The average Bonchev–Trinajstić information content (AvgIpc) is 3.05. The number of hydrazone groups is 1. The van der Waals surface area contributed by atoms with Crippen molar-refractivity contribution >= 4 is 34.7 Å². The van der Waals surface area contributed by atoms with Gasteiger partial charge in [0.1, 0.15) is 0 Å². The van der Waals surface area contributed by atoms with Crippen LogP contribution in [0.5, 0.6) is 0 Å². The van der Waals surface area contributed by atoms with Crippen molar-refractivity contribution in [3.63, 3.8) is 0 Å². The van der Waals surface area contributed by atoms with Gasteiger partial charge >= 0.3 is 0 Å². The topological polar surface area (TPSA) is 41.5 Å². The number of nitrogens with one attached hydrogen (secondary N) is 1. The molecule has 5 heteroatoms. The van der Waals surface area contributed by atoms with Gasteiger partial charge in [0.15, 0.2) is 0 Å². The van der Waals surface area contributed by atoms with E-state index in [0.717, 1.165) is 16.3 Å². The molecule has 0 fully saturated rings. The smallest absolute Gasteiger partial charge is 0.252 e. The Bertz CT molecular complexity index is 594. The lowest BCUT2D eigenvalue weighted by molar-refractivity contribution is -0.120. The van der Waals surface area contributed by atoms with Crippen LogP contribution in [-0.2, 0) is 10.5 Å². The predicted molar refractivity (Wildman–Crippen MR) is 91.9 cm³/mol. The van der Waals surface area contributed by atoms with E-state index in [2.05, 4.69) is 22.7 Å². The molecule has 110 valence electrons. The van der Waals surface area contributed by atoms with Crippen molar-refractivity contribution in [3.05, 3.63) is 58.3 Å². The SMILES string of the molecule is C/C(=N/NC(=O)[C@H](C)SCc1ccccc1)c1cccs1. The predicted octanol–water partition coefficient (Wildman–Crippen LogP) is 3.91. The minimum absolute atomic E-state index is 0.0631. The summed E-state index contributed by atoms with van der Waals surface area (Å²) in [6, 6.07) is 14.1.